The van der Waals surface area contributed by atoms with Gasteiger partial charge in [0.15, 0.2) is 0 Å². The number of anilines is 1. The fraction of sp³-hybridized carbons (Fsp3) is 0.250. The van der Waals surface area contributed by atoms with E-state index < -0.39 is 16.8 Å². The lowest BCUT2D eigenvalue weighted by molar-refractivity contribution is -0.384. The normalized spacial score (nSPS) is 15.1. The number of carboxylic acid groups (broad SMARTS) is 1. The van der Waals surface area contributed by atoms with E-state index in [-0.39, 0.29) is 5.69 Å². The van der Waals surface area contributed by atoms with Crippen molar-refractivity contribution in [2.24, 2.45) is 5.92 Å². The predicted octanol–water partition coefficient (Wildman–Crippen LogP) is 1.06. The van der Waals surface area contributed by atoms with Crippen molar-refractivity contribution in [3.8, 4) is 0 Å². The second-order valence-corrected chi connectivity index (χ2v) is 4.60. The molecule has 1 aliphatic rings. The Morgan fingerprint density at radius 3 is 2.80 bits per heavy atom. The third kappa shape index (κ3) is 1.91. The molecule has 2 heterocycles. The molecular weight excluding hydrogens is 264 g/mol. The van der Waals surface area contributed by atoms with Gasteiger partial charge in [-0.3, -0.25) is 14.9 Å². The number of fused-ring (bicyclic) bond motifs is 1. The van der Waals surface area contributed by atoms with Gasteiger partial charge in [0, 0.05) is 30.6 Å². The second kappa shape index (κ2) is 4.41. The molecule has 3 rings (SSSR count). The van der Waals surface area contributed by atoms with Gasteiger partial charge in [-0.2, -0.15) is 0 Å². The van der Waals surface area contributed by atoms with Gasteiger partial charge < -0.3 is 10.0 Å². The molecule has 8 nitrogen and oxygen atoms in total. The van der Waals surface area contributed by atoms with Crippen molar-refractivity contribution in [1.82, 2.24) is 9.97 Å². The number of nitrogens with zero attached hydrogens (tertiary/aromatic N) is 4. The summed E-state index contributed by atoms with van der Waals surface area (Å²) in [6, 6.07) is 4.36. The zero-order chi connectivity index (χ0) is 14.3. The molecule has 8 heteroatoms. The molecule has 1 aromatic heterocycles. The van der Waals surface area contributed by atoms with E-state index in [0.717, 1.165) is 0 Å². The first-order valence-corrected chi connectivity index (χ1v) is 5.93. The van der Waals surface area contributed by atoms with Gasteiger partial charge >= 0.3 is 5.97 Å². The summed E-state index contributed by atoms with van der Waals surface area (Å²) in [5.41, 5.74) is 0.559. The van der Waals surface area contributed by atoms with Crippen LogP contribution in [0.25, 0.3) is 10.9 Å². The van der Waals surface area contributed by atoms with Gasteiger partial charge in [-0.25, -0.2) is 9.97 Å². The van der Waals surface area contributed by atoms with Crippen molar-refractivity contribution in [1.29, 1.82) is 0 Å². The molecule has 1 aromatic carbocycles. The van der Waals surface area contributed by atoms with Crippen LogP contribution in [0.3, 0.4) is 0 Å². The zero-order valence-electron chi connectivity index (χ0n) is 10.3. The minimum absolute atomic E-state index is 0.0381. The van der Waals surface area contributed by atoms with Crippen LogP contribution in [-0.2, 0) is 4.79 Å². The Hall–Kier alpha value is -2.77. The summed E-state index contributed by atoms with van der Waals surface area (Å²) in [6.07, 6.45) is 1.37. The fourth-order valence-electron chi connectivity index (χ4n) is 2.20. The molecule has 1 N–H and O–H groups in total. The molecule has 2 aromatic rings. The summed E-state index contributed by atoms with van der Waals surface area (Å²) < 4.78 is 0. The third-order valence-electron chi connectivity index (χ3n) is 3.34. The lowest BCUT2D eigenvalue weighted by Crippen LogP contribution is -2.50. The number of hydrogen-bond acceptors (Lipinski definition) is 6. The molecule has 0 radical (unpaired) electrons. The molecule has 0 bridgehead atoms. The average molecular weight is 274 g/mol. The molecule has 0 amide bonds. The van der Waals surface area contributed by atoms with Crippen LogP contribution in [0.2, 0.25) is 0 Å². The highest BCUT2D eigenvalue weighted by Gasteiger charge is 2.34. The van der Waals surface area contributed by atoms with E-state index in [1.165, 1.54) is 18.5 Å². The van der Waals surface area contributed by atoms with Crippen LogP contribution in [0, 0.1) is 16.0 Å². The number of aliphatic carboxylic acids is 1. The van der Waals surface area contributed by atoms with Crippen molar-refractivity contribution in [3.63, 3.8) is 0 Å². The second-order valence-electron chi connectivity index (χ2n) is 4.60. The highest BCUT2D eigenvalue weighted by atomic mass is 16.6. The van der Waals surface area contributed by atoms with E-state index in [1.54, 1.807) is 11.0 Å². The van der Waals surface area contributed by atoms with Crippen LogP contribution in [-0.4, -0.2) is 39.1 Å². The van der Waals surface area contributed by atoms with Crippen LogP contribution in [0.1, 0.15) is 0 Å². The number of nitro groups is 1. The Morgan fingerprint density at radius 1 is 1.40 bits per heavy atom. The van der Waals surface area contributed by atoms with E-state index in [1.807, 2.05) is 0 Å². The molecule has 0 aliphatic carbocycles. The molecule has 0 unspecified atom stereocenters. The standard InChI is InChI=1S/C12H10N4O4/c17-12(18)7-4-15(5-7)11-9-3-8(16(19)20)1-2-10(9)13-6-14-11/h1-3,6-7H,4-5H2,(H,17,18). The highest BCUT2D eigenvalue weighted by Crippen LogP contribution is 2.31. The number of nitro benzene ring substituents is 1. The van der Waals surface area contributed by atoms with Gasteiger partial charge in [-0.15, -0.1) is 0 Å². The number of aromatic nitrogens is 2. The number of rotatable bonds is 3. The lowest BCUT2D eigenvalue weighted by Gasteiger charge is -2.37. The molecule has 0 spiro atoms. The predicted molar refractivity (Wildman–Crippen MR) is 69.5 cm³/mol. The van der Waals surface area contributed by atoms with E-state index in [9.17, 15) is 14.9 Å². The topological polar surface area (TPSA) is 109 Å². The summed E-state index contributed by atoms with van der Waals surface area (Å²) in [7, 11) is 0. The Morgan fingerprint density at radius 2 is 2.15 bits per heavy atom. The smallest absolute Gasteiger partial charge is 0.310 e. The third-order valence-corrected chi connectivity index (χ3v) is 3.34. The van der Waals surface area contributed by atoms with E-state index in [0.29, 0.717) is 29.8 Å². The minimum atomic E-state index is -0.842. The molecule has 0 atom stereocenters. The van der Waals surface area contributed by atoms with E-state index in [2.05, 4.69) is 9.97 Å². The number of non-ortho nitro benzene ring substituents is 1. The molecule has 102 valence electrons. The van der Waals surface area contributed by atoms with Crippen LogP contribution >= 0.6 is 0 Å². The summed E-state index contributed by atoms with van der Waals surface area (Å²) in [5.74, 6) is -0.722. The van der Waals surface area contributed by atoms with Gasteiger partial charge in [0.2, 0.25) is 0 Å². The Balaban J connectivity index is 2.01. The van der Waals surface area contributed by atoms with Gasteiger partial charge in [0.1, 0.15) is 12.1 Å². The van der Waals surface area contributed by atoms with Gasteiger partial charge in [0.25, 0.3) is 5.69 Å². The van der Waals surface area contributed by atoms with Gasteiger partial charge in [-0.1, -0.05) is 0 Å². The first-order chi connectivity index (χ1) is 9.56. The Bertz CT molecular complexity index is 712. The molecule has 1 saturated heterocycles. The maximum atomic E-state index is 10.8. The van der Waals surface area contributed by atoms with Crippen molar-refractivity contribution in [2.75, 3.05) is 18.0 Å². The van der Waals surface area contributed by atoms with Crippen LogP contribution in [0.5, 0.6) is 0 Å². The molecule has 0 saturated carbocycles. The van der Waals surface area contributed by atoms with Crippen LogP contribution in [0.15, 0.2) is 24.5 Å². The van der Waals surface area contributed by atoms with E-state index >= 15 is 0 Å². The number of carboxylic acids is 1. The van der Waals surface area contributed by atoms with Crippen molar-refractivity contribution in [2.45, 2.75) is 0 Å². The molecular formula is C12H10N4O4. The Labute approximate surface area is 112 Å². The first kappa shape index (κ1) is 12.3. The molecule has 20 heavy (non-hydrogen) atoms. The highest BCUT2D eigenvalue weighted by molar-refractivity contribution is 5.92. The number of benzene rings is 1. The maximum absolute atomic E-state index is 10.8. The number of carbonyl (C=O) groups is 1. The van der Waals surface area contributed by atoms with E-state index in [4.69, 9.17) is 5.11 Å². The fourth-order valence-corrected chi connectivity index (χ4v) is 2.20. The summed E-state index contributed by atoms with van der Waals surface area (Å²) >= 11 is 0. The largest absolute Gasteiger partial charge is 0.481 e. The maximum Gasteiger partial charge on any atom is 0.310 e. The molecule has 1 aliphatic heterocycles. The minimum Gasteiger partial charge on any atom is -0.481 e. The van der Waals surface area contributed by atoms with Crippen molar-refractivity contribution < 1.29 is 14.8 Å². The first-order valence-electron chi connectivity index (χ1n) is 5.93. The molecule has 1 fully saturated rings. The van der Waals surface area contributed by atoms with Crippen molar-refractivity contribution >= 4 is 28.4 Å². The summed E-state index contributed by atoms with van der Waals surface area (Å²) in [5, 5.41) is 20.3. The lowest BCUT2D eigenvalue weighted by atomic mass is 10.00. The number of hydrogen-bond donors (Lipinski definition) is 1. The van der Waals surface area contributed by atoms with Crippen molar-refractivity contribution in [3.05, 3.63) is 34.6 Å². The Kier molecular flexibility index (Phi) is 2.70. The zero-order valence-corrected chi connectivity index (χ0v) is 10.3. The average Bonchev–Trinajstić information content (AvgIpc) is 2.36. The monoisotopic (exact) mass is 274 g/mol. The van der Waals surface area contributed by atoms with Crippen LogP contribution in [0.4, 0.5) is 11.5 Å². The quantitative estimate of drug-likeness (QED) is 0.658. The summed E-state index contributed by atoms with van der Waals surface area (Å²) in [4.78, 5) is 31.1. The van der Waals surface area contributed by atoms with Crippen LogP contribution < -0.4 is 4.90 Å². The SMILES string of the molecule is O=C(O)C1CN(c2ncnc3ccc([N+](=O)[O-])cc23)C1. The van der Waals surface area contributed by atoms with Gasteiger partial charge in [-0.05, 0) is 6.07 Å². The summed E-state index contributed by atoms with van der Waals surface area (Å²) in [6.45, 7) is 0.703. The van der Waals surface area contributed by atoms with Gasteiger partial charge in [0.05, 0.1) is 16.4 Å².